The van der Waals surface area contributed by atoms with Crippen LogP contribution in [0.2, 0.25) is 0 Å². The number of halogens is 1. The summed E-state index contributed by atoms with van der Waals surface area (Å²) in [6.45, 7) is 3.88. The molecule has 2 aromatic heterocycles. The summed E-state index contributed by atoms with van der Waals surface area (Å²) in [4.78, 5) is 37.6. The van der Waals surface area contributed by atoms with E-state index in [9.17, 15) is 9.59 Å². The van der Waals surface area contributed by atoms with E-state index in [1.54, 1.807) is 39.8 Å². The Morgan fingerprint density at radius 1 is 1.06 bits per heavy atom. The molecule has 3 heterocycles. The first-order valence-electron chi connectivity index (χ1n) is 9.66. The first-order chi connectivity index (χ1) is 15.0. The minimum absolute atomic E-state index is 0.00514. The zero-order valence-corrected chi connectivity index (χ0v) is 20.0. The van der Waals surface area contributed by atoms with Crippen molar-refractivity contribution in [3.63, 3.8) is 0 Å². The lowest BCUT2D eigenvalue weighted by Crippen LogP contribution is -2.50. The second-order valence-electron chi connectivity index (χ2n) is 6.88. The van der Waals surface area contributed by atoms with Gasteiger partial charge >= 0.3 is 0 Å². The molecule has 4 rings (SSSR count). The molecule has 160 valence electrons. The highest BCUT2D eigenvalue weighted by Gasteiger charge is 2.23. The lowest BCUT2D eigenvalue weighted by Gasteiger charge is -2.34. The fourth-order valence-corrected chi connectivity index (χ4v) is 5.34. The van der Waals surface area contributed by atoms with E-state index in [0.29, 0.717) is 31.7 Å². The molecule has 0 atom stereocenters. The number of amides is 2. The van der Waals surface area contributed by atoms with E-state index in [-0.39, 0.29) is 11.8 Å². The number of nitrogens with zero attached hydrogens (tertiary/aromatic N) is 4. The molecule has 3 aromatic rings. The summed E-state index contributed by atoms with van der Waals surface area (Å²) in [6.07, 6.45) is 1.82. The molecule has 0 spiro atoms. The zero-order valence-electron chi connectivity index (χ0n) is 16.7. The van der Waals surface area contributed by atoms with Crippen LogP contribution in [0.5, 0.6) is 0 Å². The van der Waals surface area contributed by atoms with Gasteiger partial charge in [-0.1, -0.05) is 29.2 Å². The molecule has 1 N–H and O–H groups in total. The van der Waals surface area contributed by atoms with Gasteiger partial charge in [0.25, 0.3) is 5.91 Å². The maximum Gasteiger partial charge on any atom is 0.253 e. The van der Waals surface area contributed by atoms with Gasteiger partial charge in [-0.05, 0) is 52.3 Å². The van der Waals surface area contributed by atoms with Crippen molar-refractivity contribution < 1.29 is 9.59 Å². The smallest absolute Gasteiger partial charge is 0.253 e. The Morgan fingerprint density at radius 2 is 1.77 bits per heavy atom. The van der Waals surface area contributed by atoms with Crippen LogP contribution in [0.15, 0.2) is 62.4 Å². The summed E-state index contributed by atoms with van der Waals surface area (Å²) in [5.41, 5.74) is 0.660. The molecule has 1 fully saturated rings. The normalized spacial score (nSPS) is 13.9. The number of hydrogen-bond donors (Lipinski definition) is 1. The van der Waals surface area contributed by atoms with Gasteiger partial charge in [-0.15, -0.1) is 0 Å². The van der Waals surface area contributed by atoms with E-state index in [1.165, 1.54) is 0 Å². The fraction of sp³-hybridized carbons (Fsp3) is 0.238. The van der Waals surface area contributed by atoms with E-state index in [0.717, 1.165) is 24.7 Å². The monoisotopic (exact) mass is 517 g/mol. The lowest BCUT2D eigenvalue weighted by atomic mass is 10.2. The van der Waals surface area contributed by atoms with Crippen molar-refractivity contribution in [3.05, 3.63) is 58.8 Å². The molecule has 10 heteroatoms. The minimum Gasteiger partial charge on any atom is -0.339 e. The summed E-state index contributed by atoms with van der Waals surface area (Å²) in [5.74, 6) is 0.792. The van der Waals surface area contributed by atoms with Crippen LogP contribution < -0.4 is 5.32 Å². The van der Waals surface area contributed by atoms with Crippen molar-refractivity contribution in [2.75, 3.05) is 31.5 Å². The lowest BCUT2D eigenvalue weighted by molar-refractivity contribution is -0.130. The minimum atomic E-state index is 0.00514. The van der Waals surface area contributed by atoms with Crippen molar-refractivity contribution in [2.45, 2.75) is 16.0 Å². The molecule has 31 heavy (non-hydrogen) atoms. The molecule has 0 radical (unpaired) electrons. The molecule has 7 nitrogen and oxygen atoms in total. The molecule has 2 amide bonds. The molecule has 0 unspecified atom stereocenters. The molecular formula is C21H20BrN5O2S2. The number of anilines is 2. The summed E-state index contributed by atoms with van der Waals surface area (Å²) >= 11 is 6.50. The van der Waals surface area contributed by atoms with Gasteiger partial charge in [0.2, 0.25) is 5.91 Å². The van der Waals surface area contributed by atoms with Crippen LogP contribution in [-0.2, 0) is 4.79 Å². The number of rotatable bonds is 5. The van der Waals surface area contributed by atoms with Crippen molar-refractivity contribution >= 4 is 61.8 Å². The van der Waals surface area contributed by atoms with Crippen LogP contribution in [0.25, 0.3) is 0 Å². The first-order valence-corrected chi connectivity index (χ1v) is 12.1. The average molecular weight is 518 g/mol. The third-order valence-electron chi connectivity index (χ3n) is 4.77. The standard InChI is InChI=1S/C21H20BrN5O2S2/c1-14(28)26-9-11-27(12-10-26)20(29)15-5-7-16(8-6-15)30-19-13-23-21(31-19)25-18-4-2-3-17(22)24-18/h2-8,13H,9-12H2,1H3,(H,23,24,25). The summed E-state index contributed by atoms with van der Waals surface area (Å²) < 4.78 is 1.80. The summed E-state index contributed by atoms with van der Waals surface area (Å²) in [7, 11) is 0. The van der Waals surface area contributed by atoms with Crippen LogP contribution in [0.4, 0.5) is 10.9 Å². The first kappa shape index (κ1) is 21.8. The number of thiazole rings is 1. The number of pyridine rings is 1. The highest BCUT2D eigenvalue weighted by Crippen LogP contribution is 2.35. The Labute approximate surface area is 197 Å². The van der Waals surface area contributed by atoms with Gasteiger partial charge in [0, 0.05) is 43.6 Å². The van der Waals surface area contributed by atoms with Crippen molar-refractivity contribution in [1.82, 2.24) is 19.8 Å². The molecular weight excluding hydrogens is 498 g/mol. The highest BCUT2D eigenvalue weighted by molar-refractivity contribution is 9.10. The summed E-state index contributed by atoms with van der Waals surface area (Å²) in [5, 5.41) is 3.97. The second-order valence-corrected chi connectivity index (χ2v) is 10.1. The van der Waals surface area contributed by atoms with Crippen LogP contribution >= 0.6 is 39.0 Å². The maximum absolute atomic E-state index is 12.7. The third kappa shape index (κ3) is 5.63. The number of aromatic nitrogens is 2. The van der Waals surface area contributed by atoms with Gasteiger partial charge in [0.05, 0.1) is 10.4 Å². The van der Waals surface area contributed by atoms with Crippen LogP contribution in [0, 0.1) is 0 Å². The Bertz CT molecular complexity index is 1080. The van der Waals surface area contributed by atoms with Crippen LogP contribution in [0.3, 0.4) is 0 Å². The van der Waals surface area contributed by atoms with Crippen LogP contribution in [0.1, 0.15) is 17.3 Å². The molecule has 0 bridgehead atoms. The Kier molecular flexibility index (Phi) is 6.89. The van der Waals surface area contributed by atoms with Gasteiger partial charge in [0.1, 0.15) is 10.4 Å². The molecule has 0 saturated carbocycles. The van der Waals surface area contributed by atoms with Gasteiger partial charge < -0.3 is 15.1 Å². The molecule has 1 aliphatic rings. The van der Waals surface area contributed by atoms with Gasteiger partial charge in [0.15, 0.2) is 5.13 Å². The SMILES string of the molecule is CC(=O)N1CCN(C(=O)c2ccc(Sc3cnc(Nc4cccc(Br)n4)s3)cc2)CC1. The van der Waals surface area contributed by atoms with E-state index >= 15 is 0 Å². The Morgan fingerprint density at radius 3 is 2.45 bits per heavy atom. The molecule has 0 aliphatic carbocycles. The number of carbonyl (C=O) groups excluding carboxylic acids is 2. The number of piperazine rings is 1. The molecule has 1 saturated heterocycles. The number of nitrogens with one attached hydrogen (secondary N) is 1. The van der Waals surface area contributed by atoms with E-state index in [4.69, 9.17) is 0 Å². The highest BCUT2D eigenvalue weighted by atomic mass is 79.9. The zero-order chi connectivity index (χ0) is 21.8. The van der Waals surface area contributed by atoms with Crippen molar-refractivity contribution in [3.8, 4) is 0 Å². The molecule has 1 aromatic carbocycles. The predicted molar refractivity (Wildman–Crippen MR) is 126 cm³/mol. The average Bonchev–Trinajstić information content (AvgIpc) is 3.20. The summed E-state index contributed by atoms with van der Waals surface area (Å²) in [6, 6.07) is 13.3. The van der Waals surface area contributed by atoms with Gasteiger partial charge in [-0.25, -0.2) is 9.97 Å². The van der Waals surface area contributed by atoms with E-state index < -0.39 is 0 Å². The Hall–Kier alpha value is -2.43. The van der Waals surface area contributed by atoms with E-state index in [1.807, 2.05) is 48.7 Å². The van der Waals surface area contributed by atoms with Gasteiger partial charge in [-0.3, -0.25) is 9.59 Å². The largest absolute Gasteiger partial charge is 0.339 e. The molecule has 1 aliphatic heterocycles. The van der Waals surface area contributed by atoms with Crippen molar-refractivity contribution in [1.29, 1.82) is 0 Å². The van der Waals surface area contributed by atoms with E-state index in [2.05, 4.69) is 31.2 Å². The topological polar surface area (TPSA) is 78.4 Å². The van der Waals surface area contributed by atoms with Crippen molar-refractivity contribution in [2.24, 2.45) is 0 Å². The van der Waals surface area contributed by atoms with Gasteiger partial charge in [-0.2, -0.15) is 0 Å². The van der Waals surface area contributed by atoms with Crippen LogP contribution in [-0.4, -0.2) is 57.8 Å². The maximum atomic E-state index is 12.7. The number of carbonyl (C=O) groups is 2. The third-order valence-corrected chi connectivity index (χ3v) is 7.23. The number of hydrogen-bond acceptors (Lipinski definition) is 7. The fourth-order valence-electron chi connectivity index (χ4n) is 3.14. The predicted octanol–water partition coefficient (Wildman–Crippen LogP) is 4.50. The number of benzene rings is 1. The quantitative estimate of drug-likeness (QED) is 0.502. The Balaban J connectivity index is 1.34. The second kappa shape index (κ2) is 9.80.